The fraction of sp³-hybridized carbons (Fsp3) is 0.250. The van der Waals surface area contributed by atoms with Crippen molar-refractivity contribution in [3.63, 3.8) is 0 Å². The molecule has 0 bridgehead atoms. The SMILES string of the molecule is Oc1ccc(F)cc1CNCC1COc2ccccc2O1. The maximum absolute atomic E-state index is 13.1. The van der Waals surface area contributed by atoms with Crippen molar-refractivity contribution in [3.8, 4) is 17.2 Å². The third-order valence-corrected chi connectivity index (χ3v) is 3.30. The van der Waals surface area contributed by atoms with Crippen molar-refractivity contribution in [2.24, 2.45) is 0 Å². The molecular formula is C16H16FNO3. The summed E-state index contributed by atoms with van der Waals surface area (Å²) in [5.41, 5.74) is 0.520. The topological polar surface area (TPSA) is 50.7 Å². The smallest absolute Gasteiger partial charge is 0.161 e. The highest BCUT2D eigenvalue weighted by Crippen LogP contribution is 2.30. The van der Waals surface area contributed by atoms with Gasteiger partial charge < -0.3 is 19.9 Å². The zero-order valence-corrected chi connectivity index (χ0v) is 11.4. The van der Waals surface area contributed by atoms with Gasteiger partial charge in [0.25, 0.3) is 0 Å². The van der Waals surface area contributed by atoms with E-state index >= 15 is 0 Å². The van der Waals surface area contributed by atoms with Gasteiger partial charge in [0.2, 0.25) is 0 Å². The normalized spacial score (nSPS) is 16.7. The van der Waals surface area contributed by atoms with Gasteiger partial charge in [0, 0.05) is 18.7 Å². The molecule has 1 atom stereocenters. The number of para-hydroxylation sites is 2. The second-order valence-electron chi connectivity index (χ2n) is 4.90. The van der Waals surface area contributed by atoms with E-state index in [1.807, 2.05) is 24.3 Å². The lowest BCUT2D eigenvalue weighted by molar-refractivity contribution is 0.0902. The van der Waals surface area contributed by atoms with Crippen LogP contribution in [0.5, 0.6) is 17.2 Å². The number of halogens is 1. The van der Waals surface area contributed by atoms with E-state index in [0.717, 1.165) is 11.5 Å². The van der Waals surface area contributed by atoms with E-state index < -0.39 is 0 Å². The molecule has 1 aliphatic rings. The molecule has 0 aromatic heterocycles. The minimum atomic E-state index is -0.365. The van der Waals surface area contributed by atoms with Gasteiger partial charge in [-0.1, -0.05) is 12.1 Å². The summed E-state index contributed by atoms with van der Waals surface area (Å²) < 4.78 is 24.5. The Bertz CT molecular complexity index is 633. The van der Waals surface area contributed by atoms with Gasteiger partial charge in [0.15, 0.2) is 11.5 Å². The Morgan fingerprint density at radius 3 is 2.86 bits per heavy atom. The van der Waals surface area contributed by atoms with Crippen LogP contribution in [0.3, 0.4) is 0 Å². The Balaban J connectivity index is 1.54. The Labute approximate surface area is 122 Å². The standard InChI is InChI=1S/C16H16FNO3/c17-12-5-6-14(19)11(7-12)8-18-9-13-10-20-15-3-1-2-4-16(15)21-13/h1-7,13,18-19H,8-10H2. The minimum absolute atomic E-state index is 0.0788. The molecule has 0 aliphatic carbocycles. The molecule has 1 unspecified atom stereocenters. The summed E-state index contributed by atoms with van der Waals surface area (Å²) in [7, 11) is 0. The van der Waals surface area contributed by atoms with Gasteiger partial charge in [-0.05, 0) is 30.3 Å². The lowest BCUT2D eigenvalue weighted by Gasteiger charge is -2.26. The Kier molecular flexibility index (Phi) is 3.92. The molecule has 5 heteroatoms. The van der Waals surface area contributed by atoms with E-state index in [0.29, 0.717) is 25.3 Å². The van der Waals surface area contributed by atoms with Crippen LogP contribution < -0.4 is 14.8 Å². The van der Waals surface area contributed by atoms with E-state index in [1.165, 1.54) is 18.2 Å². The number of hydrogen-bond acceptors (Lipinski definition) is 4. The Morgan fingerprint density at radius 1 is 1.19 bits per heavy atom. The summed E-state index contributed by atoms with van der Waals surface area (Å²) in [5, 5.41) is 12.8. The summed E-state index contributed by atoms with van der Waals surface area (Å²) in [6.07, 6.45) is -0.115. The third kappa shape index (κ3) is 3.25. The molecule has 0 spiro atoms. The minimum Gasteiger partial charge on any atom is -0.508 e. The van der Waals surface area contributed by atoms with Crippen molar-refractivity contribution in [1.82, 2.24) is 5.32 Å². The van der Waals surface area contributed by atoms with Crippen molar-refractivity contribution < 1.29 is 19.0 Å². The molecule has 1 heterocycles. The molecule has 2 N–H and O–H groups in total. The van der Waals surface area contributed by atoms with Crippen LogP contribution in [-0.2, 0) is 6.54 Å². The van der Waals surface area contributed by atoms with Gasteiger partial charge in [-0.2, -0.15) is 0 Å². The highest BCUT2D eigenvalue weighted by atomic mass is 19.1. The molecule has 3 rings (SSSR count). The number of nitrogens with one attached hydrogen (secondary N) is 1. The molecule has 2 aromatic rings. The number of ether oxygens (including phenoxy) is 2. The van der Waals surface area contributed by atoms with Gasteiger partial charge in [-0.15, -0.1) is 0 Å². The number of rotatable bonds is 4. The molecule has 0 fully saturated rings. The zero-order valence-electron chi connectivity index (χ0n) is 11.4. The first-order valence-electron chi connectivity index (χ1n) is 6.79. The predicted octanol–water partition coefficient (Wildman–Crippen LogP) is 2.46. The fourth-order valence-corrected chi connectivity index (χ4v) is 2.23. The number of hydrogen-bond donors (Lipinski definition) is 2. The summed E-state index contributed by atoms with van der Waals surface area (Å²) in [6, 6.07) is 11.4. The van der Waals surface area contributed by atoms with E-state index in [4.69, 9.17) is 9.47 Å². The zero-order chi connectivity index (χ0) is 14.7. The van der Waals surface area contributed by atoms with Crippen LogP contribution in [-0.4, -0.2) is 24.4 Å². The first-order valence-corrected chi connectivity index (χ1v) is 6.79. The molecule has 0 amide bonds. The van der Waals surface area contributed by atoms with Crippen LogP contribution in [0.2, 0.25) is 0 Å². The van der Waals surface area contributed by atoms with Crippen LogP contribution in [0, 0.1) is 5.82 Å². The largest absolute Gasteiger partial charge is 0.508 e. The van der Waals surface area contributed by atoms with E-state index in [2.05, 4.69) is 5.32 Å². The number of aromatic hydroxyl groups is 1. The fourth-order valence-electron chi connectivity index (χ4n) is 2.23. The Hall–Kier alpha value is -2.27. The van der Waals surface area contributed by atoms with E-state index in [9.17, 15) is 9.50 Å². The first-order chi connectivity index (χ1) is 10.2. The molecule has 0 saturated carbocycles. The third-order valence-electron chi connectivity index (χ3n) is 3.30. The second-order valence-corrected chi connectivity index (χ2v) is 4.90. The van der Waals surface area contributed by atoms with Crippen molar-refractivity contribution in [3.05, 3.63) is 53.8 Å². The highest BCUT2D eigenvalue weighted by molar-refractivity contribution is 5.40. The molecule has 110 valence electrons. The molecule has 0 saturated heterocycles. The van der Waals surface area contributed by atoms with Gasteiger partial charge in [-0.25, -0.2) is 4.39 Å². The van der Waals surface area contributed by atoms with Crippen LogP contribution >= 0.6 is 0 Å². The first kappa shape index (κ1) is 13.7. The Morgan fingerprint density at radius 2 is 2.00 bits per heavy atom. The lowest BCUT2D eigenvalue weighted by Crippen LogP contribution is -2.38. The average Bonchev–Trinajstić information content (AvgIpc) is 2.50. The molecule has 2 aromatic carbocycles. The number of phenolic OH excluding ortho intramolecular Hbond substituents is 1. The summed E-state index contributed by atoms with van der Waals surface area (Å²) in [4.78, 5) is 0. The predicted molar refractivity (Wildman–Crippen MR) is 76.1 cm³/mol. The quantitative estimate of drug-likeness (QED) is 0.908. The lowest BCUT2D eigenvalue weighted by atomic mass is 10.2. The number of fused-ring (bicyclic) bond motifs is 1. The summed E-state index contributed by atoms with van der Waals surface area (Å²) in [5.74, 6) is 1.19. The van der Waals surface area contributed by atoms with Crippen molar-refractivity contribution >= 4 is 0 Å². The van der Waals surface area contributed by atoms with Gasteiger partial charge in [0.05, 0.1) is 0 Å². The van der Waals surface area contributed by atoms with Crippen molar-refractivity contribution in [2.45, 2.75) is 12.6 Å². The van der Waals surface area contributed by atoms with Gasteiger partial charge in [0.1, 0.15) is 24.3 Å². The van der Waals surface area contributed by atoms with Crippen LogP contribution in [0.25, 0.3) is 0 Å². The second kappa shape index (κ2) is 6.01. The summed E-state index contributed by atoms with van der Waals surface area (Å²) >= 11 is 0. The van der Waals surface area contributed by atoms with Crippen LogP contribution in [0.15, 0.2) is 42.5 Å². The highest BCUT2D eigenvalue weighted by Gasteiger charge is 2.20. The molecule has 0 radical (unpaired) electrons. The maximum atomic E-state index is 13.1. The van der Waals surface area contributed by atoms with Crippen LogP contribution in [0.4, 0.5) is 4.39 Å². The molecule has 4 nitrogen and oxygen atoms in total. The summed E-state index contributed by atoms with van der Waals surface area (Å²) in [6.45, 7) is 1.37. The van der Waals surface area contributed by atoms with Gasteiger partial charge >= 0.3 is 0 Å². The van der Waals surface area contributed by atoms with E-state index in [1.54, 1.807) is 0 Å². The van der Waals surface area contributed by atoms with E-state index in [-0.39, 0.29) is 17.7 Å². The van der Waals surface area contributed by atoms with Crippen molar-refractivity contribution in [1.29, 1.82) is 0 Å². The molecule has 21 heavy (non-hydrogen) atoms. The van der Waals surface area contributed by atoms with Crippen molar-refractivity contribution in [2.75, 3.05) is 13.2 Å². The monoisotopic (exact) mass is 289 g/mol. The molecular weight excluding hydrogens is 273 g/mol. The number of phenols is 1. The maximum Gasteiger partial charge on any atom is 0.161 e. The van der Waals surface area contributed by atoms with Gasteiger partial charge in [-0.3, -0.25) is 0 Å². The molecule has 1 aliphatic heterocycles. The number of benzene rings is 2. The average molecular weight is 289 g/mol. The van der Waals surface area contributed by atoms with Crippen LogP contribution in [0.1, 0.15) is 5.56 Å².